The molecule has 0 fully saturated rings. The number of carbonyl (C=O) groups is 1. The Balaban J connectivity index is 2.47. The van der Waals surface area contributed by atoms with Crippen molar-refractivity contribution in [3.05, 3.63) is 34.3 Å². The van der Waals surface area contributed by atoms with Gasteiger partial charge in [0.2, 0.25) is 0 Å². The molecular formula is C15H18BrNO2. The first-order valence-corrected chi connectivity index (χ1v) is 7.13. The van der Waals surface area contributed by atoms with Gasteiger partial charge in [0.1, 0.15) is 0 Å². The third kappa shape index (κ3) is 5.89. The zero-order chi connectivity index (χ0) is 14.3. The summed E-state index contributed by atoms with van der Waals surface area (Å²) in [5.41, 5.74) is 0.933. The first-order chi connectivity index (χ1) is 9.02. The topological polar surface area (TPSA) is 50.1 Å². The van der Waals surface area contributed by atoms with Crippen molar-refractivity contribution < 1.29 is 9.53 Å². The Morgan fingerprint density at radius 3 is 2.53 bits per heavy atom. The van der Waals surface area contributed by atoms with Gasteiger partial charge >= 0.3 is 5.97 Å². The normalized spacial score (nSPS) is 11.9. The van der Waals surface area contributed by atoms with E-state index in [4.69, 9.17) is 10.00 Å². The molecule has 1 atom stereocenters. The van der Waals surface area contributed by atoms with Gasteiger partial charge < -0.3 is 4.74 Å². The predicted molar refractivity (Wildman–Crippen MR) is 77.5 cm³/mol. The van der Waals surface area contributed by atoms with E-state index in [0.29, 0.717) is 18.9 Å². The van der Waals surface area contributed by atoms with Crippen LogP contribution in [0, 0.1) is 17.2 Å². The lowest BCUT2D eigenvalue weighted by Gasteiger charge is -2.10. The van der Waals surface area contributed by atoms with Crippen LogP contribution in [0.1, 0.15) is 38.2 Å². The van der Waals surface area contributed by atoms with Gasteiger partial charge in [0, 0.05) is 10.9 Å². The highest BCUT2D eigenvalue weighted by atomic mass is 79.9. The van der Waals surface area contributed by atoms with Crippen LogP contribution >= 0.6 is 15.9 Å². The summed E-state index contributed by atoms with van der Waals surface area (Å²) in [6.07, 6.45) is 0.774. The lowest BCUT2D eigenvalue weighted by atomic mass is 9.96. The van der Waals surface area contributed by atoms with E-state index in [1.165, 1.54) is 0 Å². The van der Waals surface area contributed by atoms with Crippen LogP contribution in [0.15, 0.2) is 28.7 Å². The highest BCUT2D eigenvalue weighted by Gasteiger charge is 2.13. The molecule has 1 unspecified atom stereocenters. The van der Waals surface area contributed by atoms with E-state index in [1.807, 2.05) is 38.1 Å². The fraction of sp³-hybridized carbons (Fsp3) is 0.467. The SMILES string of the molecule is CC(C)COC(=O)CCC(C#N)c1ccc(Br)cc1. The smallest absolute Gasteiger partial charge is 0.305 e. The Morgan fingerprint density at radius 1 is 1.37 bits per heavy atom. The monoisotopic (exact) mass is 323 g/mol. The van der Waals surface area contributed by atoms with Crippen molar-refractivity contribution in [1.29, 1.82) is 5.26 Å². The second-order valence-electron chi connectivity index (χ2n) is 4.85. The molecule has 102 valence electrons. The molecule has 0 aliphatic rings. The molecule has 4 heteroatoms. The molecule has 0 amide bonds. The number of esters is 1. The Kier molecular flexibility index (Phi) is 6.58. The van der Waals surface area contributed by atoms with Crippen LogP contribution in [0.2, 0.25) is 0 Å². The lowest BCUT2D eigenvalue weighted by Crippen LogP contribution is -2.11. The van der Waals surface area contributed by atoms with E-state index in [2.05, 4.69) is 22.0 Å². The summed E-state index contributed by atoms with van der Waals surface area (Å²) in [6, 6.07) is 9.83. The maximum absolute atomic E-state index is 11.5. The zero-order valence-electron chi connectivity index (χ0n) is 11.2. The van der Waals surface area contributed by atoms with Crippen molar-refractivity contribution >= 4 is 21.9 Å². The molecule has 0 spiro atoms. The molecule has 0 bridgehead atoms. The zero-order valence-corrected chi connectivity index (χ0v) is 12.8. The summed E-state index contributed by atoms with van der Waals surface area (Å²) >= 11 is 3.36. The van der Waals surface area contributed by atoms with Gasteiger partial charge in [0.25, 0.3) is 0 Å². The standard InChI is InChI=1S/C15H18BrNO2/c1-11(2)10-19-15(18)8-5-13(9-17)12-3-6-14(16)7-4-12/h3-4,6-7,11,13H,5,8,10H2,1-2H3. The summed E-state index contributed by atoms with van der Waals surface area (Å²) in [4.78, 5) is 11.5. The Morgan fingerprint density at radius 2 is 2.00 bits per heavy atom. The lowest BCUT2D eigenvalue weighted by molar-refractivity contribution is -0.144. The third-order valence-electron chi connectivity index (χ3n) is 2.64. The van der Waals surface area contributed by atoms with Crippen LogP contribution in [-0.4, -0.2) is 12.6 Å². The number of rotatable bonds is 6. The second kappa shape index (κ2) is 7.96. The fourth-order valence-electron chi connectivity index (χ4n) is 1.59. The first kappa shape index (κ1) is 15.7. The van der Waals surface area contributed by atoms with Crippen molar-refractivity contribution in [1.82, 2.24) is 0 Å². The third-order valence-corrected chi connectivity index (χ3v) is 3.17. The fourth-order valence-corrected chi connectivity index (χ4v) is 1.86. The van der Waals surface area contributed by atoms with Crippen LogP contribution in [-0.2, 0) is 9.53 Å². The minimum Gasteiger partial charge on any atom is -0.465 e. The number of nitriles is 1. The molecule has 0 aliphatic heterocycles. The van der Waals surface area contributed by atoms with Gasteiger partial charge in [-0.1, -0.05) is 41.9 Å². The Hall–Kier alpha value is -1.34. The van der Waals surface area contributed by atoms with Crippen LogP contribution < -0.4 is 0 Å². The van der Waals surface area contributed by atoms with Gasteiger partial charge in [-0.05, 0) is 30.0 Å². The first-order valence-electron chi connectivity index (χ1n) is 6.33. The number of halogens is 1. The molecule has 0 aliphatic carbocycles. The van der Waals surface area contributed by atoms with Gasteiger partial charge in [-0.15, -0.1) is 0 Å². The van der Waals surface area contributed by atoms with Crippen molar-refractivity contribution in [3.8, 4) is 6.07 Å². The summed E-state index contributed by atoms with van der Waals surface area (Å²) in [5, 5.41) is 9.17. The summed E-state index contributed by atoms with van der Waals surface area (Å²) in [6.45, 7) is 4.43. The van der Waals surface area contributed by atoms with Crippen molar-refractivity contribution in [3.63, 3.8) is 0 Å². The maximum Gasteiger partial charge on any atom is 0.305 e. The molecule has 0 saturated heterocycles. The minimum atomic E-state index is -0.264. The van der Waals surface area contributed by atoms with E-state index < -0.39 is 0 Å². The molecule has 0 radical (unpaired) electrons. The van der Waals surface area contributed by atoms with Crippen molar-refractivity contribution in [2.24, 2.45) is 5.92 Å². The maximum atomic E-state index is 11.5. The molecule has 19 heavy (non-hydrogen) atoms. The number of ether oxygens (including phenoxy) is 1. The average Bonchev–Trinajstić information content (AvgIpc) is 2.39. The number of hydrogen-bond acceptors (Lipinski definition) is 3. The molecule has 0 heterocycles. The van der Waals surface area contributed by atoms with Gasteiger partial charge in [-0.2, -0.15) is 5.26 Å². The van der Waals surface area contributed by atoms with E-state index in [1.54, 1.807) is 0 Å². The van der Waals surface area contributed by atoms with Gasteiger partial charge in [0.05, 0.1) is 18.6 Å². The van der Waals surface area contributed by atoms with Crippen LogP contribution in [0.5, 0.6) is 0 Å². The molecule has 0 N–H and O–H groups in total. The summed E-state index contributed by atoms with van der Waals surface area (Å²) in [5.74, 6) is -0.159. The van der Waals surface area contributed by atoms with Crippen molar-refractivity contribution in [2.75, 3.05) is 6.61 Å². The van der Waals surface area contributed by atoms with Gasteiger partial charge in [0.15, 0.2) is 0 Å². The molecular weight excluding hydrogens is 306 g/mol. The average molecular weight is 324 g/mol. The number of nitrogens with zero attached hydrogens (tertiary/aromatic N) is 1. The quantitative estimate of drug-likeness (QED) is 0.742. The van der Waals surface area contributed by atoms with Crippen molar-refractivity contribution in [2.45, 2.75) is 32.6 Å². The molecule has 3 nitrogen and oxygen atoms in total. The van der Waals surface area contributed by atoms with Gasteiger partial charge in [-0.3, -0.25) is 4.79 Å². The van der Waals surface area contributed by atoms with Crippen LogP contribution in [0.3, 0.4) is 0 Å². The number of hydrogen-bond donors (Lipinski definition) is 0. The number of benzene rings is 1. The van der Waals surface area contributed by atoms with Crippen LogP contribution in [0.25, 0.3) is 0 Å². The molecule has 1 rings (SSSR count). The molecule has 1 aromatic rings. The van der Waals surface area contributed by atoms with Crippen LogP contribution in [0.4, 0.5) is 0 Å². The van der Waals surface area contributed by atoms with E-state index in [-0.39, 0.29) is 18.3 Å². The summed E-state index contributed by atoms with van der Waals surface area (Å²) < 4.78 is 6.07. The highest BCUT2D eigenvalue weighted by molar-refractivity contribution is 9.10. The van der Waals surface area contributed by atoms with E-state index in [9.17, 15) is 4.79 Å². The molecule has 1 aromatic carbocycles. The largest absolute Gasteiger partial charge is 0.465 e. The Bertz CT molecular complexity index is 448. The predicted octanol–water partition coefficient (Wildman–Crippen LogP) is 4.04. The second-order valence-corrected chi connectivity index (χ2v) is 5.76. The summed E-state index contributed by atoms with van der Waals surface area (Å²) in [7, 11) is 0. The Labute approximate surface area is 122 Å². The van der Waals surface area contributed by atoms with E-state index in [0.717, 1.165) is 10.0 Å². The number of carbonyl (C=O) groups excluding carboxylic acids is 1. The highest BCUT2D eigenvalue weighted by Crippen LogP contribution is 2.22. The molecule has 0 aromatic heterocycles. The minimum absolute atomic E-state index is 0.230. The van der Waals surface area contributed by atoms with Gasteiger partial charge in [-0.25, -0.2) is 0 Å². The van der Waals surface area contributed by atoms with E-state index >= 15 is 0 Å². The molecule has 0 saturated carbocycles.